The fourth-order valence-electron chi connectivity index (χ4n) is 4.09. The maximum absolute atomic E-state index is 15.9. The second-order valence-corrected chi connectivity index (χ2v) is 9.06. The van der Waals surface area contributed by atoms with Gasteiger partial charge in [-0.1, -0.05) is 0 Å². The zero-order chi connectivity index (χ0) is 23.2. The molecule has 6 aromatic heterocycles. The van der Waals surface area contributed by atoms with Gasteiger partial charge in [-0.05, 0) is 48.1 Å². The van der Waals surface area contributed by atoms with E-state index < -0.39 is 5.82 Å². The van der Waals surface area contributed by atoms with E-state index in [0.717, 1.165) is 27.7 Å². The molecule has 0 aliphatic carbocycles. The fourth-order valence-corrected chi connectivity index (χ4v) is 4.75. The normalized spacial score (nSPS) is 11.8. The lowest BCUT2D eigenvalue weighted by Crippen LogP contribution is -2.10. The van der Waals surface area contributed by atoms with E-state index in [1.165, 1.54) is 0 Å². The highest BCUT2D eigenvalue weighted by Crippen LogP contribution is 2.34. The zero-order valence-corrected chi connectivity index (χ0v) is 19.2. The molecule has 0 aromatic carbocycles. The number of aromatic nitrogens is 7. The van der Waals surface area contributed by atoms with Crippen LogP contribution in [0.4, 0.5) is 4.39 Å². The summed E-state index contributed by atoms with van der Waals surface area (Å²) in [5, 5.41) is 11.6. The summed E-state index contributed by atoms with van der Waals surface area (Å²) < 4.78 is 15.9. The second-order valence-electron chi connectivity index (χ2n) is 8.28. The highest BCUT2D eigenvalue weighted by molar-refractivity contribution is 7.08. The van der Waals surface area contributed by atoms with Gasteiger partial charge in [-0.25, -0.2) is 9.37 Å². The lowest BCUT2D eigenvalue weighted by atomic mass is 10.1. The summed E-state index contributed by atoms with van der Waals surface area (Å²) in [5.41, 5.74) is 6.15. The second kappa shape index (κ2) is 8.08. The lowest BCUT2D eigenvalue weighted by Gasteiger charge is -2.10. The van der Waals surface area contributed by atoms with Gasteiger partial charge >= 0.3 is 0 Å². The summed E-state index contributed by atoms with van der Waals surface area (Å²) in [5.74, 6) is -0.0112. The minimum atomic E-state index is -0.471. The van der Waals surface area contributed by atoms with Gasteiger partial charge < -0.3 is 9.88 Å². The molecule has 0 unspecified atom stereocenters. The summed E-state index contributed by atoms with van der Waals surface area (Å²) in [4.78, 5) is 23.0. The van der Waals surface area contributed by atoms with Crippen molar-refractivity contribution in [3.05, 3.63) is 65.3 Å². The van der Waals surface area contributed by atoms with Gasteiger partial charge in [0.1, 0.15) is 16.9 Å². The average molecular weight is 471 g/mol. The molecule has 0 radical (unpaired) electrons. The van der Waals surface area contributed by atoms with Crippen LogP contribution in [-0.4, -0.2) is 54.1 Å². The van der Waals surface area contributed by atoms with Crippen LogP contribution in [0.5, 0.6) is 0 Å². The Bertz CT molecular complexity index is 1630. The Morgan fingerprint density at radius 1 is 1.00 bits per heavy atom. The zero-order valence-electron chi connectivity index (χ0n) is 18.4. The maximum Gasteiger partial charge on any atom is 0.161 e. The van der Waals surface area contributed by atoms with Crippen molar-refractivity contribution < 1.29 is 4.39 Å². The van der Waals surface area contributed by atoms with Gasteiger partial charge in [0.2, 0.25) is 0 Å². The van der Waals surface area contributed by atoms with Gasteiger partial charge in [0.15, 0.2) is 11.6 Å². The van der Waals surface area contributed by atoms with E-state index in [4.69, 9.17) is 4.98 Å². The molecule has 0 aliphatic rings. The van der Waals surface area contributed by atoms with E-state index in [0.29, 0.717) is 34.5 Å². The van der Waals surface area contributed by atoms with Crippen LogP contribution in [0.15, 0.2) is 53.9 Å². The van der Waals surface area contributed by atoms with Crippen molar-refractivity contribution in [2.75, 3.05) is 14.1 Å². The van der Waals surface area contributed by atoms with Crippen molar-refractivity contribution in [3.63, 3.8) is 0 Å². The Morgan fingerprint density at radius 2 is 1.88 bits per heavy atom. The lowest BCUT2D eigenvalue weighted by molar-refractivity contribution is 0.402. The number of hydrogen-bond donors (Lipinski definition) is 2. The van der Waals surface area contributed by atoms with E-state index in [2.05, 4.69) is 30.1 Å². The molecule has 0 amide bonds. The summed E-state index contributed by atoms with van der Waals surface area (Å²) >= 11 is 1.61. The topological polar surface area (TPSA) is 99.3 Å². The van der Waals surface area contributed by atoms with Crippen LogP contribution in [0.2, 0.25) is 0 Å². The molecule has 0 saturated carbocycles. The third kappa shape index (κ3) is 3.44. The first-order valence-electron chi connectivity index (χ1n) is 10.6. The predicted octanol–water partition coefficient (Wildman–Crippen LogP) is 4.89. The fraction of sp³-hybridized carbons (Fsp3) is 0.125. The summed E-state index contributed by atoms with van der Waals surface area (Å²) in [6.45, 7) is 0.696. The molecule has 10 heteroatoms. The summed E-state index contributed by atoms with van der Waals surface area (Å²) in [7, 11) is 3.95. The first-order chi connectivity index (χ1) is 16.6. The van der Waals surface area contributed by atoms with Crippen molar-refractivity contribution in [2.45, 2.75) is 6.54 Å². The molecule has 0 aliphatic heterocycles. The highest BCUT2D eigenvalue weighted by atomic mass is 32.1. The Hall–Kier alpha value is -4.02. The van der Waals surface area contributed by atoms with E-state index in [-0.39, 0.29) is 5.69 Å². The number of nitrogens with zero attached hydrogens (tertiary/aromatic N) is 6. The molecule has 2 N–H and O–H groups in total. The van der Waals surface area contributed by atoms with Crippen molar-refractivity contribution in [2.24, 2.45) is 0 Å². The van der Waals surface area contributed by atoms with Crippen LogP contribution < -0.4 is 0 Å². The molecule has 168 valence electrons. The van der Waals surface area contributed by atoms with E-state index >= 15 is 4.39 Å². The average Bonchev–Trinajstić information content (AvgIpc) is 3.57. The van der Waals surface area contributed by atoms with Crippen molar-refractivity contribution in [3.8, 4) is 33.9 Å². The molecule has 0 bridgehead atoms. The largest absolute Gasteiger partial charge is 0.335 e. The molecule has 6 aromatic rings. The number of H-pyrrole nitrogens is 2. The van der Waals surface area contributed by atoms with Crippen LogP contribution in [0.25, 0.3) is 55.8 Å². The molecular formula is C24H19FN8S. The number of rotatable bonds is 5. The van der Waals surface area contributed by atoms with Gasteiger partial charge in [0.05, 0.1) is 28.8 Å². The van der Waals surface area contributed by atoms with Crippen molar-refractivity contribution in [1.82, 2.24) is 40.0 Å². The number of halogens is 1. The Labute approximate surface area is 197 Å². The summed E-state index contributed by atoms with van der Waals surface area (Å²) in [6, 6.07) is 3.93. The number of pyridine rings is 3. The molecule has 0 atom stereocenters. The van der Waals surface area contributed by atoms with Crippen LogP contribution in [0.3, 0.4) is 0 Å². The Morgan fingerprint density at radius 3 is 2.71 bits per heavy atom. The quantitative estimate of drug-likeness (QED) is 0.372. The van der Waals surface area contributed by atoms with Gasteiger partial charge in [0.25, 0.3) is 0 Å². The van der Waals surface area contributed by atoms with Gasteiger partial charge in [0, 0.05) is 36.3 Å². The molecule has 8 nitrogen and oxygen atoms in total. The number of fused-ring (bicyclic) bond motifs is 2. The molecule has 6 rings (SSSR count). The highest BCUT2D eigenvalue weighted by Gasteiger charge is 2.21. The van der Waals surface area contributed by atoms with Gasteiger partial charge in [-0.3, -0.25) is 20.1 Å². The molecular weight excluding hydrogens is 451 g/mol. The third-order valence-electron chi connectivity index (χ3n) is 5.56. The SMILES string of the molecule is CN(C)Cc1cncc(-c2ncc3[nH]nc(-c4nc5c(-c6ccsc6)cncc5[nH]4)c3c2F)c1. The predicted molar refractivity (Wildman–Crippen MR) is 131 cm³/mol. The molecule has 0 saturated heterocycles. The Kier molecular flexibility index (Phi) is 4.89. The van der Waals surface area contributed by atoms with E-state index in [1.807, 2.05) is 41.9 Å². The first kappa shape index (κ1) is 20.6. The van der Waals surface area contributed by atoms with Crippen molar-refractivity contribution in [1.29, 1.82) is 0 Å². The minimum absolute atomic E-state index is 0.222. The number of imidazole rings is 1. The van der Waals surface area contributed by atoms with Crippen LogP contribution >= 0.6 is 11.3 Å². The maximum atomic E-state index is 15.9. The monoisotopic (exact) mass is 470 g/mol. The van der Waals surface area contributed by atoms with Crippen molar-refractivity contribution >= 4 is 33.3 Å². The van der Waals surface area contributed by atoms with Gasteiger partial charge in [-0.15, -0.1) is 0 Å². The smallest absolute Gasteiger partial charge is 0.161 e. The van der Waals surface area contributed by atoms with E-state index in [1.54, 1.807) is 42.3 Å². The van der Waals surface area contributed by atoms with Crippen LogP contribution in [0.1, 0.15) is 5.56 Å². The number of nitrogens with one attached hydrogen (secondary N) is 2. The summed E-state index contributed by atoms with van der Waals surface area (Å²) in [6.07, 6.45) is 8.48. The van der Waals surface area contributed by atoms with Gasteiger partial charge in [-0.2, -0.15) is 16.4 Å². The number of hydrogen-bond acceptors (Lipinski definition) is 7. The molecule has 6 heterocycles. The number of thiophene rings is 1. The van der Waals surface area contributed by atoms with Crippen LogP contribution in [0, 0.1) is 5.82 Å². The number of aromatic amines is 2. The first-order valence-corrected chi connectivity index (χ1v) is 11.5. The van der Waals surface area contributed by atoms with Crippen LogP contribution in [-0.2, 0) is 6.54 Å². The third-order valence-corrected chi connectivity index (χ3v) is 6.25. The molecule has 0 spiro atoms. The molecule has 0 fully saturated rings. The van der Waals surface area contributed by atoms with E-state index in [9.17, 15) is 0 Å². The molecule has 34 heavy (non-hydrogen) atoms. The minimum Gasteiger partial charge on any atom is -0.335 e. The Balaban J connectivity index is 1.50. The standard InChI is InChI=1S/C24H19FN8S/c1-33(2)11-13-5-15(7-26-6-13)21-20(25)19-17(10-28-21)31-32-23(19)24-29-18-9-27-8-16(22(18)30-24)14-3-4-34-12-14/h3-10,12H,11H2,1-2H3,(H,29,30)(H,31,32).